The molecule has 90 valence electrons. The lowest BCUT2D eigenvalue weighted by Gasteiger charge is -2.33. The van der Waals surface area contributed by atoms with Crippen molar-refractivity contribution < 1.29 is 14.3 Å². The average molecular weight is 242 g/mol. The molecule has 16 heavy (non-hydrogen) atoms. The fourth-order valence-corrected chi connectivity index (χ4v) is 3.30. The first-order chi connectivity index (χ1) is 7.45. The van der Waals surface area contributed by atoms with Gasteiger partial charge in [-0.2, -0.15) is 0 Å². The molecule has 0 amide bonds. The van der Waals surface area contributed by atoms with Gasteiger partial charge in [-0.3, -0.25) is 9.59 Å². The van der Waals surface area contributed by atoms with Crippen LogP contribution in [-0.4, -0.2) is 22.4 Å². The van der Waals surface area contributed by atoms with Crippen molar-refractivity contribution in [3.8, 4) is 0 Å². The van der Waals surface area contributed by atoms with Gasteiger partial charge in [0, 0.05) is 12.3 Å². The third-order valence-corrected chi connectivity index (χ3v) is 4.39. The number of fused-ring (bicyclic) bond motifs is 1. The van der Waals surface area contributed by atoms with E-state index in [1.165, 1.54) is 11.8 Å². The zero-order valence-corrected chi connectivity index (χ0v) is 10.8. The van der Waals surface area contributed by atoms with Crippen LogP contribution in [0.2, 0.25) is 0 Å². The molecule has 0 bridgehead atoms. The molecule has 1 aliphatic heterocycles. The van der Waals surface area contributed by atoms with E-state index < -0.39 is 0 Å². The van der Waals surface area contributed by atoms with Gasteiger partial charge in [-0.25, -0.2) is 0 Å². The summed E-state index contributed by atoms with van der Waals surface area (Å²) in [6.07, 6.45) is 1.39. The average Bonchev–Trinajstić information content (AvgIpc) is 2.92. The Bertz CT molecular complexity index is 324. The van der Waals surface area contributed by atoms with Crippen molar-refractivity contribution in [2.24, 2.45) is 17.8 Å². The van der Waals surface area contributed by atoms with E-state index in [2.05, 4.69) is 0 Å². The standard InChI is InChI=1S/C12H18O3S/c1-4-16-10(13)6-8-7-5-9(7)12(2,3)15-11(8)14/h7-9H,4-6H2,1-3H3/t7?,8-,9-/m0/s1. The van der Waals surface area contributed by atoms with E-state index in [9.17, 15) is 9.59 Å². The summed E-state index contributed by atoms with van der Waals surface area (Å²) >= 11 is 1.30. The predicted octanol–water partition coefficient (Wildman–Crippen LogP) is 2.24. The second kappa shape index (κ2) is 4.06. The molecule has 1 saturated heterocycles. The molecule has 2 aliphatic rings. The Morgan fingerprint density at radius 2 is 2.25 bits per heavy atom. The van der Waals surface area contributed by atoms with Crippen molar-refractivity contribution in [1.82, 2.24) is 0 Å². The summed E-state index contributed by atoms with van der Waals surface area (Å²) in [7, 11) is 0. The Hall–Kier alpha value is -0.510. The number of carbonyl (C=O) groups excluding carboxylic acids is 2. The maximum atomic E-state index is 11.8. The summed E-state index contributed by atoms with van der Waals surface area (Å²) in [6.45, 7) is 5.88. The minimum absolute atomic E-state index is 0.120. The van der Waals surface area contributed by atoms with Crippen LogP contribution in [0.4, 0.5) is 0 Å². The minimum Gasteiger partial charge on any atom is -0.459 e. The molecule has 0 aromatic carbocycles. The summed E-state index contributed by atoms with van der Waals surface area (Å²) in [4.78, 5) is 23.3. The molecule has 4 heteroatoms. The van der Waals surface area contributed by atoms with Gasteiger partial charge in [0.1, 0.15) is 5.60 Å². The maximum Gasteiger partial charge on any atom is 0.310 e. The summed E-state index contributed by atoms with van der Waals surface area (Å²) in [5, 5.41) is 0.120. The Kier molecular flexibility index (Phi) is 3.03. The molecule has 2 fully saturated rings. The highest BCUT2D eigenvalue weighted by atomic mass is 32.2. The lowest BCUT2D eigenvalue weighted by atomic mass is 9.89. The first-order valence-electron chi connectivity index (χ1n) is 5.84. The van der Waals surface area contributed by atoms with E-state index in [4.69, 9.17) is 4.74 Å². The maximum absolute atomic E-state index is 11.8. The van der Waals surface area contributed by atoms with Crippen molar-refractivity contribution in [3.63, 3.8) is 0 Å². The lowest BCUT2D eigenvalue weighted by Crippen LogP contribution is -2.40. The van der Waals surface area contributed by atoms with Crippen molar-refractivity contribution >= 4 is 22.8 Å². The van der Waals surface area contributed by atoms with Crippen molar-refractivity contribution in [1.29, 1.82) is 0 Å². The van der Waals surface area contributed by atoms with Gasteiger partial charge in [-0.1, -0.05) is 18.7 Å². The summed E-state index contributed by atoms with van der Waals surface area (Å²) in [6, 6.07) is 0. The second-order valence-corrected chi connectivity index (χ2v) is 6.47. The van der Waals surface area contributed by atoms with Gasteiger partial charge in [-0.05, 0) is 31.9 Å². The van der Waals surface area contributed by atoms with Crippen LogP contribution in [0.3, 0.4) is 0 Å². The zero-order chi connectivity index (χ0) is 11.9. The lowest BCUT2D eigenvalue weighted by molar-refractivity contribution is -0.172. The number of rotatable bonds is 3. The summed E-state index contributed by atoms with van der Waals surface area (Å²) < 4.78 is 5.42. The molecule has 0 spiro atoms. The topological polar surface area (TPSA) is 43.4 Å². The molecule has 0 N–H and O–H groups in total. The third kappa shape index (κ3) is 2.12. The van der Waals surface area contributed by atoms with Gasteiger partial charge in [-0.15, -0.1) is 0 Å². The van der Waals surface area contributed by atoms with Gasteiger partial charge >= 0.3 is 5.97 Å². The predicted molar refractivity (Wildman–Crippen MR) is 63.0 cm³/mol. The van der Waals surface area contributed by atoms with Gasteiger partial charge in [0.05, 0.1) is 5.92 Å². The molecule has 3 nitrogen and oxygen atoms in total. The highest BCUT2D eigenvalue weighted by molar-refractivity contribution is 8.13. The second-order valence-electron chi connectivity index (χ2n) is 5.15. The number of ether oxygens (including phenoxy) is 1. The van der Waals surface area contributed by atoms with Crippen LogP contribution in [0.5, 0.6) is 0 Å². The highest BCUT2D eigenvalue weighted by Crippen LogP contribution is 2.56. The van der Waals surface area contributed by atoms with E-state index in [-0.39, 0.29) is 22.6 Å². The van der Waals surface area contributed by atoms with Crippen LogP contribution in [-0.2, 0) is 14.3 Å². The van der Waals surface area contributed by atoms with Crippen LogP contribution in [0.1, 0.15) is 33.6 Å². The van der Waals surface area contributed by atoms with Crippen LogP contribution >= 0.6 is 11.8 Å². The van der Waals surface area contributed by atoms with Crippen LogP contribution in [0, 0.1) is 17.8 Å². The molecule has 3 atom stereocenters. The van der Waals surface area contributed by atoms with Gasteiger partial charge < -0.3 is 4.74 Å². The Balaban J connectivity index is 1.98. The van der Waals surface area contributed by atoms with Crippen molar-refractivity contribution in [2.45, 2.75) is 39.2 Å². The van der Waals surface area contributed by atoms with E-state index in [1.54, 1.807) is 0 Å². The number of hydrogen-bond acceptors (Lipinski definition) is 4. The zero-order valence-electron chi connectivity index (χ0n) is 9.99. The number of cyclic esters (lactones) is 1. The van der Waals surface area contributed by atoms with E-state index in [1.807, 2.05) is 20.8 Å². The Labute approximate surface area is 100 Å². The smallest absolute Gasteiger partial charge is 0.310 e. The van der Waals surface area contributed by atoms with Gasteiger partial charge in [0.15, 0.2) is 5.12 Å². The number of thioether (sulfide) groups is 1. The van der Waals surface area contributed by atoms with Crippen molar-refractivity contribution in [3.05, 3.63) is 0 Å². The Morgan fingerprint density at radius 1 is 1.56 bits per heavy atom. The fourth-order valence-electron chi connectivity index (χ4n) is 2.68. The normalized spacial score (nSPS) is 35.2. The fraction of sp³-hybridized carbons (Fsp3) is 0.833. The van der Waals surface area contributed by atoms with E-state index >= 15 is 0 Å². The van der Waals surface area contributed by atoms with E-state index in [0.29, 0.717) is 18.3 Å². The molecular formula is C12H18O3S. The van der Waals surface area contributed by atoms with Gasteiger partial charge in [0.2, 0.25) is 0 Å². The van der Waals surface area contributed by atoms with Crippen LogP contribution in [0.15, 0.2) is 0 Å². The number of esters is 1. The SMILES string of the molecule is CCSC(=O)C[C@@H]1C(=O)OC(C)(C)[C@H]2CC12. The summed E-state index contributed by atoms with van der Waals surface area (Å²) in [5.74, 6) is 1.28. The molecule has 0 radical (unpaired) electrons. The number of hydrogen-bond donors (Lipinski definition) is 0. The monoisotopic (exact) mass is 242 g/mol. The van der Waals surface area contributed by atoms with Crippen LogP contribution in [0.25, 0.3) is 0 Å². The first-order valence-corrected chi connectivity index (χ1v) is 6.82. The molecule has 1 saturated carbocycles. The summed E-state index contributed by atoms with van der Waals surface area (Å²) in [5.41, 5.74) is -0.320. The molecule has 1 unspecified atom stereocenters. The molecule has 0 aromatic heterocycles. The highest BCUT2D eigenvalue weighted by Gasteiger charge is 2.59. The third-order valence-electron chi connectivity index (χ3n) is 3.61. The quantitative estimate of drug-likeness (QED) is 0.712. The van der Waals surface area contributed by atoms with E-state index in [0.717, 1.165) is 12.2 Å². The van der Waals surface area contributed by atoms with Crippen molar-refractivity contribution in [2.75, 3.05) is 5.75 Å². The molecule has 2 rings (SSSR count). The van der Waals surface area contributed by atoms with Gasteiger partial charge in [0.25, 0.3) is 0 Å². The largest absolute Gasteiger partial charge is 0.459 e. The molecule has 0 aromatic rings. The van der Waals surface area contributed by atoms with Crippen LogP contribution < -0.4 is 0 Å². The number of carbonyl (C=O) groups is 2. The first kappa shape index (κ1) is 12.0. The molecule has 1 heterocycles. The Morgan fingerprint density at radius 3 is 2.88 bits per heavy atom. The molecule has 1 aliphatic carbocycles. The molecular weight excluding hydrogens is 224 g/mol. The minimum atomic E-state index is -0.320.